The first kappa shape index (κ1) is 14.0. The summed E-state index contributed by atoms with van der Waals surface area (Å²) in [6.07, 6.45) is 7.41. The van der Waals surface area contributed by atoms with Crippen LogP contribution < -0.4 is 5.32 Å². The third kappa shape index (κ3) is 2.41. The molecule has 0 aromatic heterocycles. The molecule has 2 unspecified atom stereocenters. The fourth-order valence-electron chi connectivity index (χ4n) is 5.82. The van der Waals surface area contributed by atoms with Gasteiger partial charge in [-0.15, -0.1) is 0 Å². The van der Waals surface area contributed by atoms with Crippen molar-refractivity contribution in [2.75, 3.05) is 5.32 Å². The van der Waals surface area contributed by atoms with E-state index in [1.807, 2.05) is 12.1 Å². The third-order valence-corrected chi connectivity index (χ3v) is 6.59. The average molecular weight is 395 g/mol. The minimum absolute atomic E-state index is 0.0832. The molecule has 4 saturated carbocycles. The van der Waals surface area contributed by atoms with Crippen LogP contribution in [-0.2, 0) is 4.79 Å². The van der Waals surface area contributed by atoms with Crippen LogP contribution in [0.2, 0.25) is 0 Å². The molecule has 21 heavy (non-hydrogen) atoms. The van der Waals surface area contributed by atoms with Crippen LogP contribution in [-0.4, -0.2) is 5.91 Å². The summed E-state index contributed by atoms with van der Waals surface area (Å²) in [6, 6.07) is 8.13. The van der Waals surface area contributed by atoms with E-state index in [1.165, 1.54) is 22.8 Å². The second-order valence-corrected chi connectivity index (χ2v) is 9.26. The number of rotatable bonds is 2. The standard InChI is InChI=1S/C18H22INO/c1-17-7-12-5-13(8-17)10-18(9-12,11-17)16(21)20-15-4-2-3-14(19)6-15/h2-4,6,12-13H,5,7-11H2,1H3,(H,20,21). The van der Waals surface area contributed by atoms with Crippen molar-refractivity contribution >= 4 is 34.2 Å². The minimum atomic E-state index is -0.0832. The highest BCUT2D eigenvalue weighted by Crippen LogP contribution is 2.65. The van der Waals surface area contributed by atoms with Gasteiger partial charge in [-0.1, -0.05) is 13.0 Å². The molecule has 0 heterocycles. The van der Waals surface area contributed by atoms with Gasteiger partial charge in [0.1, 0.15) is 0 Å². The van der Waals surface area contributed by atoms with Crippen molar-refractivity contribution < 1.29 is 4.79 Å². The van der Waals surface area contributed by atoms with Gasteiger partial charge < -0.3 is 5.32 Å². The van der Waals surface area contributed by atoms with Crippen molar-refractivity contribution in [2.45, 2.75) is 45.4 Å². The first-order valence-electron chi connectivity index (χ1n) is 8.04. The fourth-order valence-corrected chi connectivity index (χ4v) is 6.36. The number of carbonyl (C=O) groups excluding carboxylic acids is 1. The second-order valence-electron chi connectivity index (χ2n) is 8.02. The highest BCUT2D eigenvalue weighted by Gasteiger charge is 2.58. The molecule has 2 atom stereocenters. The first-order chi connectivity index (χ1) is 9.96. The van der Waals surface area contributed by atoms with Gasteiger partial charge in [-0.25, -0.2) is 0 Å². The highest BCUT2D eigenvalue weighted by atomic mass is 127. The molecular formula is C18H22INO. The molecule has 2 nitrogen and oxygen atoms in total. The van der Waals surface area contributed by atoms with E-state index in [0.717, 1.165) is 36.8 Å². The summed E-state index contributed by atoms with van der Waals surface area (Å²) in [7, 11) is 0. The summed E-state index contributed by atoms with van der Waals surface area (Å²) in [5.41, 5.74) is 1.29. The van der Waals surface area contributed by atoms with Gasteiger partial charge >= 0.3 is 0 Å². The molecule has 4 aliphatic rings. The monoisotopic (exact) mass is 395 g/mol. The van der Waals surface area contributed by atoms with Crippen LogP contribution in [0.25, 0.3) is 0 Å². The number of benzene rings is 1. The Kier molecular flexibility index (Phi) is 3.15. The summed E-state index contributed by atoms with van der Waals surface area (Å²) in [6.45, 7) is 2.41. The van der Waals surface area contributed by atoms with E-state index in [1.54, 1.807) is 0 Å². The quantitative estimate of drug-likeness (QED) is 0.714. The maximum Gasteiger partial charge on any atom is 0.230 e. The molecule has 1 N–H and O–H groups in total. The van der Waals surface area contributed by atoms with Crippen LogP contribution in [0.4, 0.5) is 5.69 Å². The van der Waals surface area contributed by atoms with Crippen molar-refractivity contribution in [3.8, 4) is 0 Å². The number of nitrogens with one attached hydrogen (secondary N) is 1. The second kappa shape index (κ2) is 4.71. The van der Waals surface area contributed by atoms with Gasteiger partial charge in [-0.2, -0.15) is 0 Å². The van der Waals surface area contributed by atoms with Crippen LogP contribution in [0.3, 0.4) is 0 Å². The molecule has 112 valence electrons. The Balaban J connectivity index is 1.59. The predicted molar refractivity (Wildman–Crippen MR) is 93.0 cm³/mol. The van der Waals surface area contributed by atoms with E-state index < -0.39 is 0 Å². The van der Waals surface area contributed by atoms with Gasteiger partial charge in [-0.05, 0) is 96.6 Å². The summed E-state index contributed by atoms with van der Waals surface area (Å²) < 4.78 is 1.17. The summed E-state index contributed by atoms with van der Waals surface area (Å²) in [4.78, 5) is 13.0. The Morgan fingerprint density at radius 3 is 2.57 bits per heavy atom. The predicted octanol–water partition coefficient (Wildman–Crippen LogP) is 4.84. The zero-order valence-corrected chi connectivity index (χ0v) is 14.7. The maximum atomic E-state index is 13.0. The number of hydrogen-bond donors (Lipinski definition) is 1. The normalized spacial score (nSPS) is 40.3. The molecule has 0 spiro atoms. The average Bonchev–Trinajstić information content (AvgIpc) is 2.35. The molecule has 1 amide bonds. The lowest BCUT2D eigenvalue weighted by Gasteiger charge is -2.60. The Morgan fingerprint density at radius 1 is 1.24 bits per heavy atom. The van der Waals surface area contributed by atoms with Crippen LogP contribution in [0.5, 0.6) is 0 Å². The van der Waals surface area contributed by atoms with Crippen LogP contribution in [0, 0.1) is 26.2 Å². The Morgan fingerprint density at radius 2 is 1.95 bits per heavy atom. The van der Waals surface area contributed by atoms with E-state index in [9.17, 15) is 4.79 Å². The zero-order chi connectivity index (χ0) is 14.7. The lowest BCUT2D eigenvalue weighted by atomic mass is 9.44. The molecule has 0 aliphatic heterocycles. The molecular weight excluding hydrogens is 373 g/mol. The van der Waals surface area contributed by atoms with Crippen molar-refractivity contribution in [1.29, 1.82) is 0 Å². The van der Waals surface area contributed by atoms with E-state index in [2.05, 4.69) is 47.0 Å². The van der Waals surface area contributed by atoms with E-state index >= 15 is 0 Å². The van der Waals surface area contributed by atoms with Gasteiger partial charge in [0, 0.05) is 9.26 Å². The molecule has 1 aromatic carbocycles. The van der Waals surface area contributed by atoms with Crippen LogP contribution >= 0.6 is 22.6 Å². The van der Waals surface area contributed by atoms with E-state index in [0.29, 0.717) is 5.41 Å². The van der Waals surface area contributed by atoms with Crippen molar-refractivity contribution in [3.05, 3.63) is 27.8 Å². The number of halogens is 1. The molecule has 5 rings (SSSR count). The number of amides is 1. The lowest BCUT2D eigenvalue weighted by Crippen LogP contribution is -2.55. The topological polar surface area (TPSA) is 29.1 Å². The summed E-state index contributed by atoms with van der Waals surface area (Å²) >= 11 is 2.30. The summed E-state index contributed by atoms with van der Waals surface area (Å²) in [5, 5.41) is 3.21. The number of carbonyl (C=O) groups is 1. The van der Waals surface area contributed by atoms with Gasteiger partial charge in [0.2, 0.25) is 5.91 Å². The Labute approximate surface area is 140 Å². The van der Waals surface area contributed by atoms with Gasteiger partial charge in [0.15, 0.2) is 0 Å². The van der Waals surface area contributed by atoms with Crippen molar-refractivity contribution in [1.82, 2.24) is 0 Å². The molecule has 4 aliphatic carbocycles. The minimum Gasteiger partial charge on any atom is -0.326 e. The molecule has 4 bridgehead atoms. The smallest absolute Gasteiger partial charge is 0.230 e. The number of hydrogen-bond acceptors (Lipinski definition) is 1. The SMILES string of the molecule is CC12CC3CC(C1)CC(C(=O)Nc1cccc(I)c1)(C3)C2. The Bertz CT molecular complexity index is 583. The van der Waals surface area contributed by atoms with Crippen molar-refractivity contribution in [3.63, 3.8) is 0 Å². The highest BCUT2D eigenvalue weighted by molar-refractivity contribution is 14.1. The van der Waals surface area contributed by atoms with E-state index in [4.69, 9.17) is 0 Å². The van der Waals surface area contributed by atoms with Crippen molar-refractivity contribution in [2.24, 2.45) is 22.7 Å². The summed E-state index contributed by atoms with van der Waals surface area (Å²) in [5.74, 6) is 1.86. The van der Waals surface area contributed by atoms with Gasteiger partial charge in [0.25, 0.3) is 0 Å². The van der Waals surface area contributed by atoms with Crippen LogP contribution in [0.15, 0.2) is 24.3 Å². The zero-order valence-electron chi connectivity index (χ0n) is 12.5. The Hall–Kier alpha value is -0.580. The first-order valence-corrected chi connectivity index (χ1v) is 9.11. The third-order valence-electron chi connectivity index (χ3n) is 5.92. The fraction of sp³-hybridized carbons (Fsp3) is 0.611. The molecule has 0 radical (unpaired) electrons. The van der Waals surface area contributed by atoms with Gasteiger partial charge in [0.05, 0.1) is 5.41 Å². The maximum absolute atomic E-state index is 13.0. The molecule has 4 fully saturated rings. The van der Waals surface area contributed by atoms with Gasteiger partial charge in [-0.3, -0.25) is 4.79 Å². The molecule has 3 heteroatoms. The molecule has 1 aromatic rings. The van der Waals surface area contributed by atoms with E-state index in [-0.39, 0.29) is 11.3 Å². The molecule has 0 saturated heterocycles. The number of anilines is 1. The van der Waals surface area contributed by atoms with Crippen LogP contribution in [0.1, 0.15) is 45.4 Å². The lowest BCUT2D eigenvalue weighted by molar-refractivity contribution is -0.149. The largest absolute Gasteiger partial charge is 0.326 e.